The van der Waals surface area contributed by atoms with Gasteiger partial charge in [0.2, 0.25) is 0 Å². The molecule has 6 nitrogen and oxygen atoms in total. The Labute approximate surface area is 147 Å². The van der Waals surface area contributed by atoms with E-state index in [1.807, 2.05) is 36.4 Å². The molecule has 1 heterocycles. The van der Waals surface area contributed by atoms with Gasteiger partial charge in [-0.3, -0.25) is 4.98 Å². The SMILES string of the molecule is CC(C)(C)OC(=O)OC(=O)C(Cc1ccccn1)Nc1ccccc1. The van der Waals surface area contributed by atoms with Crippen molar-refractivity contribution in [1.82, 2.24) is 4.98 Å². The van der Waals surface area contributed by atoms with Crippen LogP contribution < -0.4 is 5.32 Å². The van der Waals surface area contributed by atoms with Crippen LogP contribution in [0.3, 0.4) is 0 Å². The number of esters is 1. The zero-order chi connectivity index (χ0) is 18.3. The van der Waals surface area contributed by atoms with Crippen molar-refractivity contribution < 1.29 is 19.1 Å². The van der Waals surface area contributed by atoms with Crippen LogP contribution >= 0.6 is 0 Å². The second-order valence-corrected chi connectivity index (χ2v) is 6.47. The summed E-state index contributed by atoms with van der Waals surface area (Å²) in [6.07, 6.45) is 0.907. The molecule has 25 heavy (non-hydrogen) atoms. The summed E-state index contributed by atoms with van der Waals surface area (Å²) in [5, 5.41) is 3.07. The molecule has 2 aromatic rings. The number of benzene rings is 1. The van der Waals surface area contributed by atoms with Gasteiger partial charge in [0, 0.05) is 24.0 Å². The fraction of sp³-hybridized carbons (Fsp3) is 0.316. The molecular weight excluding hydrogens is 320 g/mol. The van der Waals surface area contributed by atoms with E-state index in [0.29, 0.717) is 5.69 Å². The predicted octanol–water partition coefficient (Wildman–Crippen LogP) is 3.58. The van der Waals surface area contributed by atoms with Crippen molar-refractivity contribution in [3.05, 3.63) is 60.4 Å². The fourth-order valence-electron chi connectivity index (χ4n) is 2.08. The van der Waals surface area contributed by atoms with E-state index in [-0.39, 0.29) is 6.42 Å². The first kappa shape index (κ1) is 18.4. The molecule has 2 rings (SSSR count). The van der Waals surface area contributed by atoms with Gasteiger partial charge >= 0.3 is 12.1 Å². The third-order valence-corrected chi connectivity index (χ3v) is 3.11. The lowest BCUT2D eigenvalue weighted by Gasteiger charge is -2.21. The van der Waals surface area contributed by atoms with Gasteiger partial charge in [-0.1, -0.05) is 24.3 Å². The van der Waals surface area contributed by atoms with Crippen LogP contribution in [0, 0.1) is 0 Å². The third-order valence-electron chi connectivity index (χ3n) is 3.11. The first-order valence-electron chi connectivity index (χ1n) is 8.00. The van der Waals surface area contributed by atoms with Crippen LogP contribution in [0.1, 0.15) is 26.5 Å². The number of ether oxygens (including phenoxy) is 2. The molecule has 1 atom stereocenters. The maximum absolute atomic E-state index is 12.4. The number of anilines is 1. The highest BCUT2D eigenvalue weighted by Gasteiger charge is 2.26. The summed E-state index contributed by atoms with van der Waals surface area (Å²) in [6.45, 7) is 5.10. The standard InChI is InChI=1S/C19H22N2O4/c1-19(2,3)25-18(23)24-17(22)16(13-15-11-7-8-12-20-15)21-14-9-5-4-6-10-14/h4-12,16,21H,13H2,1-3H3. The second-order valence-electron chi connectivity index (χ2n) is 6.47. The maximum Gasteiger partial charge on any atom is 0.516 e. The molecule has 0 saturated heterocycles. The van der Waals surface area contributed by atoms with Gasteiger partial charge in [-0.2, -0.15) is 0 Å². The minimum atomic E-state index is -1.02. The van der Waals surface area contributed by atoms with E-state index >= 15 is 0 Å². The Bertz CT molecular complexity index is 655. The summed E-state index contributed by atoms with van der Waals surface area (Å²) in [6, 6.07) is 13.9. The molecular formula is C19H22N2O4. The van der Waals surface area contributed by atoms with Crippen molar-refractivity contribution in [3.63, 3.8) is 0 Å². The van der Waals surface area contributed by atoms with E-state index in [1.165, 1.54) is 0 Å². The van der Waals surface area contributed by atoms with Crippen molar-refractivity contribution in [2.24, 2.45) is 0 Å². The number of nitrogens with one attached hydrogen (secondary N) is 1. The number of hydrogen-bond donors (Lipinski definition) is 1. The van der Waals surface area contributed by atoms with Gasteiger partial charge in [-0.05, 0) is 45.0 Å². The van der Waals surface area contributed by atoms with Crippen molar-refractivity contribution in [1.29, 1.82) is 0 Å². The number of nitrogens with zero attached hydrogens (tertiary/aromatic N) is 1. The summed E-state index contributed by atoms with van der Waals surface area (Å²) in [7, 11) is 0. The summed E-state index contributed by atoms with van der Waals surface area (Å²) in [4.78, 5) is 28.4. The van der Waals surface area contributed by atoms with Gasteiger partial charge in [-0.25, -0.2) is 9.59 Å². The van der Waals surface area contributed by atoms with Crippen LogP contribution in [-0.2, 0) is 20.7 Å². The molecule has 0 fully saturated rings. The highest BCUT2D eigenvalue weighted by molar-refractivity contribution is 5.87. The Morgan fingerprint density at radius 3 is 2.36 bits per heavy atom. The second kappa shape index (κ2) is 8.28. The lowest BCUT2D eigenvalue weighted by Crippen LogP contribution is -2.36. The zero-order valence-electron chi connectivity index (χ0n) is 14.6. The average molecular weight is 342 g/mol. The van der Waals surface area contributed by atoms with E-state index in [2.05, 4.69) is 10.3 Å². The summed E-state index contributed by atoms with van der Waals surface area (Å²) < 4.78 is 9.88. The molecule has 0 aliphatic carbocycles. The van der Waals surface area contributed by atoms with Crippen molar-refractivity contribution in [3.8, 4) is 0 Å². The summed E-state index contributed by atoms with van der Waals surface area (Å²) in [5.41, 5.74) is 0.711. The smallest absolute Gasteiger partial charge is 0.428 e. The molecule has 132 valence electrons. The predicted molar refractivity (Wildman–Crippen MR) is 94.1 cm³/mol. The monoisotopic (exact) mass is 342 g/mol. The number of carbonyl (C=O) groups excluding carboxylic acids is 2. The molecule has 1 N–H and O–H groups in total. The number of rotatable bonds is 5. The van der Waals surface area contributed by atoms with Gasteiger partial charge in [0.1, 0.15) is 11.6 Å². The molecule has 0 aliphatic heterocycles. The Hall–Kier alpha value is -2.89. The largest absolute Gasteiger partial charge is 0.516 e. The first-order valence-corrected chi connectivity index (χ1v) is 8.00. The normalized spacial score (nSPS) is 12.1. The van der Waals surface area contributed by atoms with Crippen LogP contribution in [0.4, 0.5) is 10.5 Å². The topological polar surface area (TPSA) is 77.5 Å². The van der Waals surface area contributed by atoms with E-state index in [4.69, 9.17) is 9.47 Å². The van der Waals surface area contributed by atoms with Gasteiger partial charge in [0.25, 0.3) is 0 Å². The van der Waals surface area contributed by atoms with Crippen LogP contribution in [0.25, 0.3) is 0 Å². The molecule has 0 radical (unpaired) electrons. The molecule has 1 unspecified atom stereocenters. The average Bonchev–Trinajstić information content (AvgIpc) is 2.54. The minimum Gasteiger partial charge on any atom is -0.428 e. The summed E-state index contributed by atoms with van der Waals surface area (Å²) in [5.74, 6) is -0.719. The molecule has 0 saturated carbocycles. The fourth-order valence-corrected chi connectivity index (χ4v) is 2.08. The minimum absolute atomic E-state index is 0.275. The van der Waals surface area contributed by atoms with Crippen molar-refractivity contribution >= 4 is 17.8 Å². The van der Waals surface area contributed by atoms with Crippen LogP contribution in [-0.4, -0.2) is 28.8 Å². The number of aromatic nitrogens is 1. The molecule has 0 spiro atoms. The van der Waals surface area contributed by atoms with E-state index in [9.17, 15) is 9.59 Å². The number of pyridine rings is 1. The summed E-state index contributed by atoms with van der Waals surface area (Å²) >= 11 is 0. The quantitative estimate of drug-likeness (QED) is 0.661. The van der Waals surface area contributed by atoms with Gasteiger partial charge in [0.15, 0.2) is 0 Å². The lowest BCUT2D eigenvalue weighted by atomic mass is 10.1. The van der Waals surface area contributed by atoms with Crippen molar-refractivity contribution in [2.45, 2.75) is 38.8 Å². The highest BCUT2D eigenvalue weighted by atomic mass is 16.7. The number of para-hydroxylation sites is 1. The van der Waals surface area contributed by atoms with Crippen molar-refractivity contribution in [2.75, 3.05) is 5.32 Å². The van der Waals surface area contributed by atoms with Crippen LogP contribution in [0.2, 0.25) is 0 Å². The third kappa shape index (κ3) is 6.63. The number of hydrogen-bond acceptors (Lipinski definition) is 6. The van der Waals surface area contributed by atoms with Gasteiger partial charge in [-0.15, -0.1) is 0 Å². The molecule has 0 bridgehead atoms. The lowest BCUT2D eigenvalue weighted by molar-refractivity contribution is -0.142. The Balaban J connectivity index is 2.10. The molecule has 0 aliphatic rings. The van der Waals surface area contributed by atoms with Gasteiger partial charge in [0.05, 0.1) is 0 Å². The van der Waals surface area contributed by atoms with E-state index < -0.39 is 23.8 Å². The zero-order valence-corrected chi connectivity index (χ0v) is 14.6. The first-order chi connectivity index (χ1) is 11.8. The number of carbonyl (C=O) groups is 2. The molecule has 6 heteroatoms. The highest BCUT2D eigenvalue weighted by Crippen LogP contribution is 2.13. The maximum atomic E-state index is 12.4. The van der Waals surface area contributed by atoms with E-state index in [1.54, 1.807) is 39.1 Å². The van der Waals surface area contributed by atoms with Gasteiger partial charge < -0.3 is 14.8 Å². The molecule has 0 amide bonds. The van der Waals surface area contributed by atoms with Crippen LogP contribution in [0.5, 0.6) is 0 Å². The Kier molecular flexibility index (Phi) is 6.11. The Morgan fingerprint density at radius 2 is 1.76 bits per heavy atom. The van der Waals surface area contributed by atoms with E-state index in [0.717, 1.165) is 5.69 Å². The Morgan fingerprint density at radius 1 is 1.08 bits per heavy atom. The molecule has 1 aromatic carbocycles. The van der Waals surface area contributed by atoms with Crippen LogP contribution in [0.15, 0.2) is 54.7 Å². The molecule has 1 aromatic heterocycles.